The smallest absolute Gasteiger partial charge is 0.241 e. The Morgan fingerprint density at radius 1 is 1.40 bits per heavy atom. The summed E-state index contributed by atoms with van der Waals surface area (Å²) in [5.41, 5.74) is 5.62. The Bertz CT molecular complexity index is 580. The van der Waals surface area contributed by atoms with Crippen molar-refractivity contribution in [1.29, 1.82) is 0 Å². The molecule has 0 aliphatic carbocycles. The van der Waals surface area contributed by atoms with Gasteiger partial charge in [-0.15, -0.1) is 0 Å². The van der Waals surface area contributed by atoms with Gasteiger partial charge in [-0.05, 0) is 13.8 Å². The van der Waals surface area contributed by atoms with Gasteiger partial charge in [-0.1, -0.05) is 0 Å². The average molecular weight is 276 g/mol. The lowest BCUT2D eigenvalue weighted by molar-refractivity contribution is -0.119. The van der Waals surface area contributed by atoms with E-state index in [0.717, 1.165) is 0 Å². The standard InChI is InChI=1S/C11H16N8O/c1-7(2)15-8(20)5-14-10-16-9(12)17-11(18-10)19-4-3-13-6-19/h3-4,6-7H,5H2,1-2H3,(H,15,20)(H3,12,14,16,17,18). The summed E-state index contributed by atoms with van der Waals surface area (Å²) in [4.78, 5) is 27.5. The summed E-state index contributed by atoms with van der Waals surface area (Å²) in [6.45, 7) is 3.83. The number of carbonyl (C=O) groups excluding carboxylic acids is 1. The molecular weight excluding hydrogens is 260 g/mol. The number of amides is 1. The van der Waals surface area contributed by atoms with Gasteiger partial charge in [0.2, 0.25) is 23.8 Å². The Morgan fingerprint density at radius 3 is 2.85 bits per heavy atom. The maximum Gasteiger partial charge on any atom is 0.241 e. The van der Waals surface area contributed by atoms with E-state index in [-0.39, 0.29) is 30.4 Å². The fraction of sp³-hybridized carbons (Fsp3) is 0.364. The zero-order valence-electron chi connectivity index (χ0n) is 11.2. The van der Waals surface area contributed by atoms with E-state index in [1.165, 1.54) is 0 Å². The number of nitrogens with zero attached hydrogens (tertiary/aromatic N) is 5. The highest BCUT2D eigenvalue weighted by Crippen LogP contribution is 2.06. The van der Waals surface area contributed by atoms with Crippen LogP contribution in [0.25, 0.3) is 5.95 Å². The first-order valence-corrected chi connectivity index (χ1v) is 6.07. The summed E-state index contributed by atoms with van der Waals surface area (Å²) in [5, 5.41) is 5.56. The highest BCUT2D eigenvalue weighted by molar-refractivity contribution is 5.80. The molecule has 0 radical (unpaired) electrons. The highest BCUT2D eigenvalue weighted by Gasteiger charge is 2.08. The lowest BCUT2D eigenvalue weighted by atomic mass is 10.4. The number of aromatic nitrogens is 5. The van der Waals surface area contributed by atoms with Gasteiger partial charge in [-0.25, -0.2) is 4.98 Å². The Morgan fingerprint density at radius 2 is 2.20 bits per heavy atom. The van der Waals surface area contributed by atoms with Gasteiger partial charge in [0.05, 0.1) is 6.54 Å². The Balaban J connectivity index is 2.07. The maximum atomic E-state index is 11.5. The molecule has 0 aromatic carbocycles. The van der Waals surface area contributed by atoms with E-state index in [4.69, 9.17) is 5.73 Å². The lowest BCUT2D eigenvalue weighted by Crippen LogP contribution is -2.35. The normalized spacial score (nSPS) is 10.6. The maximum absolute atomic E-state index is 11.5. The lowest BCUT2D eigenvalue weighted by Gasteiger charge is -2.10. The van der Waals surface area contributed by atoms with Crippen LogP contribution in [0.2, 0.25) is 0 Å². The molecule has 9 nitrogen and oxygen atoms in total. The Labute approximate surface area is 115 Å². The molecule has 20 heavy (non-hydrogen) atoms. The van der Waals surface area contributed by atoms with Crippen LogP contribution < -0.4 is 16.4 Å². The quantitative estimate of drug-likeness (QED) is 0.677. The van der Waals surface area contributed by atoms with Gasteiger partial charge in [0, 0.05) is 18.4 Å². The zero-order valence-corrected chi connectivity index (χ0v) is 11.2. The molecule has 4 N–H and O–H groups in total. The highest BCUT2D eigenvalue weighted by atomic mass is 16.1. The van der Waals surface area contributed by atoms with Gasteiger partial charge in [-0.3, -0.25) is 9.36 Å². The second-order valence-electron chi connectivity index (χ2n) is 4.36. The minimum absolute atomic E-state index is 0.0605. The predicted octanol–water partition coefficient (Wildman–Crippen LogP) is -0.424. The van der Waals surface area contributed by atoms with Gasteiger partial charge in [0.1, 0.15) is 6.33 Å². The number of hydrogen-bond donors (Lipinski definition) is 3. The van der Waals surface area contributed by atoms with Crippen molar-refractivity contribution in [2.24, 2.45) is 0 Å². The third-order valence-electron chi connectivity index (χ3n) is 2.23. The number of hydrogen-bond acceptors (Lipinski definition) is 7. The minimum atomic E-state index is -0.150. The first-order valence-electron chi connectivity index (χ1n) is 6.07. The van der Waals surface area contributed by atoms with Crippen molar-refractivity contribution >= 4 is 17.8 Å². The van der Waals surface area contributed by atoms with Crippen LogP contribution in [0.3, 0.4) is 0 Å². The first kappa shape index (κ1) is 13.7. The number of rotatable bonds is 5. The van der Waals surface area contributed by atoms with Crippen molar-refractivity contribution in [2.45, 2.75) is 19.9 Å². The van der Waals surface area contributed by atoms with Crippen LogP contribution in [0.15, 0.2) is 18.7 Å². The predicted molar refractivity (Wildman–Crippen MR) is 73.1 cm³/mol. The van der Waals surface area contributed by atoms with Crippen LogP contribution in [0, 0.1) is 0 Å². The van der Waals surface area contributed by atoms with E-state index in [1.54, 1.807) is 23.3 Å². The Kier molecular flexibility index (Phi) is 4.08. The van der Waals surface area contributed by atoms with E-state index < -0.39 is 0 Å². The number of nitrogen functional groups attached to an aromatic ring is 1. The summed E-state index contributed by atoms with van der Waals surface area (Å²) >= 11 is 0. The molecule has 2 aromatic rings. The van der Waals surface area contributed by atoms with Crippen LogP contribution in [-0.2, 0) is 4.79 Å². The van der Waals surface area contributed by atoms with E-state index in [1.807, 2.05) is 13.8 Å². The molecule has 0 aliphatic rings. The molecule has 106 valence electrons. The van der Waals surface area contributed by atoms with Gasteiger partial charge < -0.3 is 16.4 Å². The molecule has 0 spiro atoms. The summed E-state index contributed by atoms with van der Waals surface area (Å²) in [6, 6.07) is 0.0780. The molecule has 0 aliphatic heterocycles. The van der Waals surface area contributed by atoms with Crippen molar-refractivity contribution in [2.75, 3.05) is 17.6 Å². The number of anilines is 2. The summed E-state index contributed by atoms with van der Waals surface area (Å²) < 4.78 is 1.59. The number of nitrogens with one attached hydrogen (secondary N) is 2. The molecule has 9 heteroatoms. The molecule has 2 aromatic heterocycles. The van der Waals surface area contributed by atoms with E-state index in [2.05, 4.69) is 30.6 Å². The van der Waals surface area contributed by atoms with Gasteiger partial charge in [0.25, 0.3) is 0 Å². The van der Waals surface area contributed by atoms with Crippen LogP contribution >= 0.6 is 0 Å². The number of carbonyl (C=O) groups is 1. The minimum Gasteiger partial charge on any atom is -0.368 e. The monoisotopic (exact) mass is 276 g/mol. The fourth-order valence-corrected chi connectivity index (χ4v) is 1.48. The molecule has 0 unspecified atom stereocenters. The first-order chi connectivity index (χ1) is 9.54. The molecule has 0 saturated carbocycles. The molecule has 0 saturated heterocycles. The van der Waals surface area contributed by atoms with Crippen molar-refractivity contribution in [3.05, 3.63) is 18.7 Å². The fourth-order valence-electron chi connectivity index (χ4n) is 1.48. The van der Waals surface area contributed by atoms with E-state index >= 15 is 0 Å². The SMILES string of the molecule is CC(C)NC(=O)CNc1nc(N)nc(-n2ccnc2)n1. The van der Waals surface area contributed by atoms with Gasteiger partial charge in [-0.2, -0.15) is 15.0 Å². The third-order valence-corrected chi connectivity index (χ3v) is 2.23. The molecule has 0 fully saturated rings. The zero-order chi connectivity index (χ0) is 14.5. The molecule has 1 amide bonds. The third kappa shape index (κ3) is 3.64. The average Bonchev–Trinajstić information content (AvgIpc) is 2.89. The summed E-state index contributed by atoms with van der Waals surface area (Å²) in [6.07, 6.45) is 4.83. The molecule has 0 bridgehead atoms. The Hall–Kier alpha value is -2.71. The van der Waals surface area contributed by atoms with Crippen molar-refractivity contribution in [1.82, 2.24) is 29.8 Å². The second-order valence-corrected chi connectivity index (χ2v) is 4.36. The molecule has 2 rings (SSSR count). The molecule has 2 heterocycles. The largest absolute Gasteiger partial charge is 0.368 e. The number of nitrogens with two attached hydrogens (primary N) is 1. The van der Waals surface area contributed by atoms with Gasteiger partial charge in [0.15, 0.2) is 0 Å². The summed E-state index contributed by atoms with van der Waals surface area (Å²) in [5.74, 6) is 0.487. The van der Waals surface area contributed by atoms with Crippen LogP contribution in [0.5, 0.6) is 0 Å². The topological polar surface area (TPSA) is 124 Å². The van der Waals surface area contributed by atoms with Crippen LogP contribution in [0.4, 0.5) is 11.9 Å². The van der Waals surface area contributed by atoms with Gasteiger partial charge >= 0.3 is 0 Å². The second kappa shape index (κ2) is 5.95. The van der Waals surface area contributed by atoms with Crippen LogP contribution in [-0.4, -0.2) is 43.0 Å². The number of imidazole rings is 1. The van der Waals surface area contributed by atoms with E-state index in [9.17, 15) is 4.79 Å². The van der Waals surface area contributed by atoms with Crippen molar-refractivity contribution in [3.63, 3.8) is 0 Å². The van der Waals surface area contributed by atoms with Crippen molar-refractivity contribution < 1.29 is 4.79 Å². The van der Waals surface area contributed by atoms with Crippen LogP contribution in [0.1, 0.15) is 13.8 Å². The van der Waals surface area contributed by atoms with Crippen molar-refractivity contribution in [3.8, 4) is 5.95 Å². The molecule has 0 atom stereocenters. The summed E-state index contributed by atoms with van der Waals surface area (Å²) in [7, 11) is 0. The van der Waals surface area contributed by atoms with E-state index in [0.29, 0.717) is 5.95 Å². The molecular formula is C11H16N8O.